The van der Waals surface area contributed by atoms with Crippen LogP contribution in [0.1, 0.15) is 32.5 Å². The van der Waals surface area contributed by atoms with E-state index in [4.69, 9.17) is 15.2 Å². The van der Waals surface area contributed by atoms with E-state index in [1.165, 1.54) is 0 Å². The highest BCUT2D eigenvalue weighted by Gasteiger charge is 2.22. The maximum atomic E-state index is 11.7. The Morgan fingerprint density at radius 2 is 2.21 bits per heavy atom. The summed E-state index contributed by atoms with van der Waals surface area (Å²) in [5, 5.41) is 2.69. The summed E-state index contributed by atoms with van der Waals surface area (Å²) in [5.41, 5.74) is 5.70. The molecule has 0 spiro atoms. The monoisotopic (exact) mass is 267 g/mol. The maximum absolute atomic E-state index is 11.7. The Morgan fingerprint density at radius 1 is 1.53 bits per heavy atom. The van der Waals surface area contributed by atoms with Gasteiger partial charge in [0.05, 0.1) is 13.2 Å². The Morgan fingerprint density at radius 3 is 2.74 bits per heavy atom. The van der Waals surface area contributed by atoms with Crippen LogP contribution in [0, 0.1) is 0 Å². The summed E-state index contributed by atoms with van der Waals surface area (Å²) in [7, 11) is 1.54. The number of ether oxygens (including phenoxy) is 2. The van der Waals surface area contributed by atoms with Crippen molar-refractivity contribution < 1.29 is 14.3 Å². The van der Waals surface area contributed by atoms with E-state index in [1.807, 2.05) is 0 Å². The molecule has 0 fully saturated rings. The molecule has 1 rings (SSSR count). The molecule has 1 heterocycles. The van der Waals surface area contributed by atoms with Crippen LogP contribution in [0.4, 0.5) is 4.79 Å². The van der Waals surface area contributed by atoms with Crippen molar-refractivity contribution >= 4 is 6.09 Å². The van der Waals surface area contributed by atoms with Gasteiger partial charge in [0.1, 0.15) is 17.0 Å². The second-order valence-electron chi connectivity index (χ2n) is 5.03. The zero-order valence-corrected chi connectivity index (χ0v) is 11.8. The van der Waals surface area contributed by atoms with Gasteiger partial charge in [0, 0.05) is 12.7 Å². The zero-order valence-electron chi connectivity index (χ0n) is 11.8. The molecule has 0 saturated heterocycles. The average molecular weight is 267 g/mol. The van der Waals surface area contributed by atoms with Gasteiger partial charge < -0.3 is 20.5 Å². The lowest BCUT2D eigenvalue weighted by Crippen LogP contribution is -2.38. The highest BCUT2D eigenvalue weighted by atomic mass is 16.6. The van der Waals surface area contributed by atoms with Crippen molar-refractivity contribution in [3.63, 3.8) is 0 Å². The molecule has 1 unspecified atom stereocenters. The first-order chi connectivity index (χ1) is 8.87. The molecular formula is C13H21N3O3. The topological polar surface area (TPSA) is 86.5 Å². The molecule has 0 aliphatic rings. The van der Waals surface area contributed by atoms with Gasteiger partial charge in [-0.3, -0.25) is 4.98 Å². The van der Waals surface area contributed by atoms with Crippen molar-refractivity contribution in [1.82, 2.24) is 10.3 Å². The zero-order chi connectivity index (χ0) is 14.5. The van der Waals surface area contributed by atoms with E-state index in [9.17, 15) is 4.79 Å². The van der Waals surface area contributed by atoms with Crippen molar-refractivity contribution in [3.8, 4) is 5.75 Å². The number of carbonyl (C=O) groups excluding carboxylic acids is 1. The quantitative estimate of drug-likeness (QED) is 0.865. The van der Waals surface area contributed by atoms with Gasteiger partial charge in [0.25, 0.3) is 0 Å². The standard InChI is InChI=1S/C13H21N3O3/c1-13(2,3)19-12(17)16-9(8-14)11-10(18-4)6-5-7-15-11/h5-7,9H,8,14H2,1-4H3,(H,16,17). The van der Waals surface area contributed by atoms with Crippen LogP contribution in [0.25, 0.3) is 0 Å². The number of alkyl carbamates (subject to hydrolysis) is 1. The van der Waals surface area contributed by atoms with Gasteiger partial charge in [-0.05, 0) is 32.9 Å². The highest BCUT2D eigenvalue weighted by Crippen LogP contribution is 2.21. The van der Waals surface area contributed by atoms with Crippen LogP contribution in [0.15, 0.2) is 18.3 Å². The average Bonchev–Trinajstić information content (AvgIpc) is 2.33. The van der Waals surface area contributed by atoms with Gasteiger partial charge in [-0.1, -0.05) is 0 Å². The van der Waals surface area contributed by atoms with Gasteiger partial charge in [0.15, 0.2) is 0 Å². The molecule has 6 nitrogen and oxygen atoms in total. The Balaban J connectivity index is 2.81. The molecule has 19 heavy (non-hydrogen) atoms. The summed E-state index contributed by atoms with van der Waals surface area (Å²) >= 11 is 0. The fraction of sp³-hybridized carbons (Fsp3) is 0.538. The van der Waals surface area contributed by atoms with Gasteiger partial charge in [0.2, 0.25) is 0 Å². The lowest BCUT2D eigenvalue weighted by Gasteiger charge is -2.23. The molecule has 1 aromatic heterocycles. The van der Waals surface area contributed by atoms with Gasteiger partial charge >= 0.3 is 6.09 Å². The number of carbonyl (C=O) groups is 1. The molecule has 0 saturated carbocycles. The molecule has 1 amide bonds. The molecule has 1 atom stereocenters. The van der Waals surface area contributed by atoms with Crippen LogP contribution >= 0.6 is 0 Å². The number of aromatic nitrogens is 1. The number of nitrogens with zero attached hydrogens (tertiary/aromatic N) is 1. The van der Waals surface area contributed by atoms with Gasteiger partial charge in [-0.15, -0.1) is 0 Å². The van der Waals surface area contributed by atoms with E-state index in [2.05, 4.69) is 10.3 Å². The Kier molecular flexibility index (Phi) is 5.11. The number of hydrogen-bond acceptors (Lipinski definition) is 5. The van der Waals surface area contributed by atoms with Crippen molar-refractivity contribution in [2.45, 2.75) is 32.4 Å². The molecule has 0 aromatic carbocycles. The molecule has 0 aliphatic heterocycles. The maximum Gasteiger partial charge on any atom is 0.408 e. The molecule has 3 N–H and O–H groups in total. The fourth-order valence-corrected chi connectivity index (χ4v) is 1.53. The van der Waals surface area contributed by atoms with E-state index in [-0.39, 0.29) is 6.54 Å². The number of pyridine rings is 1. The molecule has 6 heteroatoms. The van der Waals surface area contributed by atoms with Crippen LogP contribution in [0.3, 0.4) is 0 Å². The van der Waals surface area contributed by atoms with Crippen LogP contribution in [-0.2, 0) is 4.74 Å². The van der Waals surface area contributed by atoms with E-state index < -0.39 is 17.7 Å². The lowest BCUT2D eigenvalue weighted by molar-refractivity contribution is 0.0503. The minimum absolute atomic E-state index is 0.201. The predicted octanol–water partition coefficient (Wildman–Crippen LogP) is 1.61. The van der Waals surface area contributed by atoms with Crippen molar-refractivity contribution in [3.05, 3.63) is 24.0 Å². The summed E-state index contributed by atoms with van der Waals surface area (Å²) in [6, 6.07) is 3.07. The number of nitrogens with one attached hydrogen (secondary N) is 1. The number of amides is 1. The molecule has 0 radical (unpaired) electrons. The van der Waals surface area contributed by atoms with Crippen LogP contribution in [-0.4, -0.2) is 30.3 Å². The minimum Gasteiger partial charge on any atom is -0.495 e. The van der Waals surface area contributed by atoms with E-state index in [0.717, 1.165) is 0 Å². The normalized spacial score (nSPS) is 12.7. The van der Waals surface area contributed by atoms with Gasteiger partial charge in [-0.25, -0.2) is 4.79 Å². The van der Waals surface area contributed by atoms with Gasteiger partial charge in [-0.2, -0.15) is 0 Å². The minimum atomic E-state index is -0.558. The van der Waals surface area contributed by atoms with Crippen LogP contribution in [0.2, 0.25) is 0 Å². The number of nitrogens with two attached hydrogens (primary N) is 1. The molecular weight excluding hydrogens is 246 g/mol. The predicted molar refractivity (Wildman–Crippen MR) is 72.0 cm³/mol. The third-order valence-corrected chi connectivity index (χ3v) is 2.28. The largest absolute Gasteiger partial charge is 0.495 e. The number of methoxy groups -OCH3 is 1. The van der Waals surface area contributed by atoms with Crippen molar-refractivity contribution in [2.24, 2.45) is 5.73 Å². The molecule has 0 bridgehead atoms. The fourth-order valence-electron chi connectivity index (χ4n) is 1.53. The van der Waals surface area contributed by atoms with Crippen LogP contribution < -0.4 is 15.8 Å². The first-order valence-corrected chi connectivity index (χ1v) is 6.06. The second-order valence-corrected chi connectivity index (χ2v) is 5.03. The second kappa shape index (κ2) is 6.38. The first kappa shape index (κ1) is 15.2. The van der Waals surface area contributed by atoms with E-state index in [0.29, 0.717) is 11.4 Å². The Labute approximate surface area is 113 Å². The molecule has 1 aromatic rings. The van der Waals surface area contributed by atoms with Crippen molar-refractivity contribution in [1.29, 1.82) is 0 Å². The summed E-state index contributed by atoms with van der Waals surface area (Å²) in [6.07, 6.45) is 1.09. The summed E-state index contributed by atoms with van der Waals surface area (Å²) < 4.78 is 10.4. The Hall–Kier alpha value is -1.82. The van der Waals surface area contributed by atoms with E-state index in [1.54, 1.807) is 46.2 Å². The molecule has 0 aliphatic carbocycles. The Bertz CT molecular complexity index is 429. The lowest BCUT2D eigenvalue weighted by atomic mass is 10.1. The highest BCUT2D eigenvalue weighted by molar-refractivity contribution is 5.68. The van der Waals surface area contributed by atoms with E-state index >= 15 is 0 Å². The number of rotatable bonds is 4. The van der Waals surface area contributed by atoms with Crippen LogP contribution in [0.5, 0.6) is 5.75 Å². The third-order valence-electron chi connectivity index (χ3n) is 2.28. The van der Waals surface area contributed by atoms with Crippen molar-refractivity contribution in [2.75, 3.05) is 13.7 Å². The summed E-state index contributed by atoms with van der Waals surface area (Å²) in [4.78, 5) is 15.9. The smallest absolute Gasteiger partial charge is 0.408 e. The summed E-state index contributed by atoms with van der Waals surface area (Å²) in [5.74, 6) is 0.578. The SMILES string of the molecule is COc1cccnc1C(CN)NC(=O)OC(C)(C)C. The summed E-state index contributed by atoms with van der Waals surface area (Å²) in [6.45, 7) is 5.59. The molecule has 106 valence electrons. The third kappa shape index (κ3) is 4.75. The number of hydrogen-bond donors (Lipinski definition) is 2. The first-order valence-electron chi connectivity index (χ1n) is 6.06.